The van der Waals surface area contributed by atoms with E-state index in [0.29, 0.717) is 13.2 Å². The van der Waals surface area contributed by atoms with Gasteiger partial charge < -0.3 is 14.6 Å². The van der Waals surface area contributed by atoms with E-state index >= 15 is 0 Å². The molecular formula is C8H18O3. The summed E-state index contributed by atoms with van der Waals surface area (Å²) in [5, 5.41) is 9.12. The van der Waals surface area contributed by atoms with Crippen molar-refractivity contribution in [3.63, 3.8) is 0 Å². The van der Waals surface area contributed by atoms with Gasteiger partial charge in [0.25, 0.3) is 0 Å². The maximum atomic E-state index is 9.12. The first-order valence-corrected chi connectivity index (χ1v) is 4.13. The first-order chi connectivity index (χ1) is 5.34. The van der Waals surface area contributed by atoms with Crippen molar-refractivity contribution < 1.29 is 14.6 Å². The smallest absolute Gasteiger partial charge is 0.103 e. The summed E-state index contributed by atoms with van der Waals surface area (Å²) < 4.78 is 9.96. The number of rotatable bonds is 1. The Bertz CT molecular complexity index is 85.4. The number of methoxy groups -OCH3 is 1. The summed E-state index contributed by atoms with van der Waals surface area (Å²) in [7, 11) is 1.61. The minimum absolute atomic E-state index is 0.0150. The van der Waals surface area contributed by atoms with Gasteiger partial charge in [-0.25, -0.2) is 0 Å². The Morgan fingerprint density at radius 1 is 1.45 bits per heavy atom. The molecule has 0 amide bonds. The normalized spacial score (nSPS) is 30.5. The topological polar surface area (TPSA) is 38.7 Å². The average Bonchev–Trinajstić information content (AvgIpc) is 2.09. The number of ether oxygens (including phenoxy) is 2. The van der Waals surface area contributed by atoms with Crippen molar-refractivity contribution in [3.8, 4) is 0 Å². The van der Waals surface area contributed by atoms with Gasteiger partial charge in [-0.15, -0.1) is 0 Å². The maximum absolute atomic E-state index is 9.12. The summed E-state index contributed by atoms with van der Waals surface area (Å²) in [5.41, 5.74) is 0. The molecule has 2 unspecified atom stereocenters. The minimum Gasteiger partial charge on any atom is -0.388 e. The molecule has 1 rings (SSSR count). The summed E-state index contributed by atoms with van der Waals surface area (Å²) in [4.78, 5) is 0. The van der Waals surface area contributed by atoms with Crippen molar-refractivity contribution in [1.29, 1.82) is 0 Å². The number of aliphatic hydroxyl groups is 1. The molecule has 1 aliphatic heterocycles. The van der Waals surface area contributed by atoms with Crippen LogP contribution in [-0.2, 0) is 9.47 Å². The van der Waals surface area contributed by atoms with Crippen LogP contribution in [0.2, 0.25) is 0 Å². The molecule has 0 aliphatic carbocycles. The van der Waals surface area contributed by atoms with Crippen LogP contribution in [0.5, 0.6) is 0 Å². The van der Waals surface area contributed by atoms with E-state index in [1.165, 1.54) is 0 Å². The fourth-order valence-corrected chi connectivity index (χ4v) is 0.978. The van der Waals surface area contributed by atoms with E-state index in [4.69, 9.17) is 14.6 Å². The van der Waals surface area contributed by atoms with Gasteiger partial charge in [0.1, 0.15) is 6.10 Å². The molecule has 3 heteroatoms. The second kappa shape index (κ2) is 6.58. The molecule has 1 aliphatic rings. The highest BCUT2D eigenvalue weighted by Crippen LogP contribution is 2.09. The molecule has 0 aromatic carbocycles. The van der Waals surface area contributed by atoms with Crippen LogP contribution in [-0.4, -0.2) is 37.6 Å². The van der Waals surface area contributed by atoms with Crippen LogP contribution in [0.3, 0.4) is 0 Å². The van der Waals surface area contributed by atoms with E-state index in [1.54, 1.807) is 7.11 Å². The summed E-state index contributed by atoms with van der Waals surface area (Å²) in [6, 6.07) is 0. The van der Waals surface area contributed by atoms with Crippen molar-refractivity contribution in [3.05, 3.63) is 0 Å². The van der Waals surface area contributed by atoms with Crippen LogP contribution in [0.1, 0.15) is 20.3 Å². The Balaban J connectivity index is 0.000000461. The van der Waals surface area contributed by atoms with Gasteiger partial charge in [0.05, 0.1) is 12.7 Å². The molecular weight excluding hydrogens is 144 g/mol. The monoisotopic (exact) mass is 162 g/mol. The molecule has 0 spiro atoms. The maximum Gasteiger partial charge on any atom is 0.103 e. The lowest BCUT2D eigenvalue weighted by atomic mass is 10.1. The number of aliphatic hydroxyl groups excluding tert-OH is 1. The largest absolute Gasteiger partial charge is 0.388 e. The van der Waals surface area contributed by atoms with Gasteiger partial charge in [-0.1, -0.05) is 13.8 Å². The van der Waals surface area contributed by atoms with Gasteiger partial charge in [0, 0.05) is 13.7 Å². The second-order valence-electron chi connectivity index (χ2n) is 2.21. The molecule has 0 saturated carbocycles. The van der Waals surface area contributed by atoms with Gasteiger partial charge in [-0.3, -0.25) is 0 Å². The SMILES string of the molecule is CC.COC1CCOCC1O. The molecule has 0 bridgehead atoms. The summed E-state index contributed by atoms with van der Waals surface area (Å²) in [5.74, 6) is 0. The third-order valence-electron chi connectivity index (χ3n) is 1.57. The zero-order chi connectivity index (χ0) is 8.69. The van der Waals surface area contributed by atoms with Crippen LogP contribution in [0, 0.1) is 0 Å². The predicted octanol–water partition coefficient (Wildman–Crippen LogP) is 0.809. The third-order valence-corrected chi connectivity index (χ3v) is 1.57. The minimum atomic E-state index is -0.427. The summed E-state index contributed by atoms with van der Waals surface area (Å²) in [6.07, 6.45) is 0.361. The van der Waals surface area contributed by atoms with E-state index in [0.717, 1.165) is 6.42 Å². The summed E-state index contributed by atoms with van der Waals surface area (Å²) in [6.45, 7) is 5.12. The van der Waals surface area contributed by atoms with Gasteiger partial charge in [0.2, 0.25) is 0 Å². The highest BCUT2D eigenvalue weighted by Gasteiger charge is 2.22. The molecule has 11 heavy (non-hydrogen) atoms. The van der Waals surface area contributed by atoms with E-state index in [-0.39, 0.29) is 6.10 Å². The highest BCUT2D eigenvalue weighted by atomic mass is 16.5. The number of hydrogen-bond acceptors (Lipinski definition) is 3. The Morgan fingerprint density at radius 3 is 2.45 bits per heavy atom. The van der Waals surface area contributed by atoms with Gasteiger partial charge in [-0.05, 0) is 6.42 Å². The van der Waals surface area contributed by atoms with E-state index in [2.05, 4.69) is 0 Å². The predicted molar refractivity (Wildman–Crippen MR) is 43.6 cm³/mol. The van der Waals surface area contributed by atoms with Gasteiger partial charge in [0.15, 0.2) is 0 Å². The highest BCUT2D eigenvalue weighted by molar-refractivity contribution is 4.71. The molecule has 0 aromatic rings. The van der Waals surface area contributed by atoms with Crippen molar-refractivity contribution in [2.45, 2.75) is 32.5 Å². The first-order valence-electron chi connectivity index (χ1n) is 4.13. The molecule has 1 saturated heterocycles. The molecule has 1 N–H and O–H groups in total. The summed E-state index contributed by atoms with van der Waals surface area (Å²) >= 11 is 0. The fraction of sp³-hybridized carbons (Fsp3) is 1.00. The molecule has 1 heterocycles. The van der Waals surface area contributed by atoms with Gasteiger partial charge in [-0.2, -0.15) is 0 Å². The van der Waals surface area contributed by atoms with Crippen molar-refractivity contribution in [2.75, 3.05) is 20.3 Å². The standard InChI is InChI=1S/C6H12O3.C2H6/c1-8-6-2-3-9-4-5(6)7;1-2/h5-7H,2-4H2,1H3;1-2H3. The van der Waals surface area contributed by atoms with Crippen molar-refractivity contribution >= 4 is 0 Å². The second-order valence-corrected chi connectivity index (χ2v) is 2.21. The molecule has 68 valence electrons. The third kappa shape index (κ3) is 3.70. The lowest BCUT2D eigenvalue weighted by molar-refractivity contribution is -0.100. The van der Waals surface area contributed by atoms with Crippen molar-refractivity contribution in [2.24, 2.45) is 0 Å². The van der Waals surface area contributed by atoms with Crippen LogP contribution < -0.4 is 0 Å². The van der Waals surface area contributed by atoms with Crippen molar-refractivity contribution in [1.82, 2.24) is 0 Å². The molecule has 3 nitrogen and oxygen atoms in total. The Kier molecular flexibility index (Phi) is 6.51. The Morgan fingerprint density at radius 2 is 2.09 bits per heavy atom. The van der Waals surface area contributed by atoms with Crippen LogP contribution in [0.4, 0.5) is 0 Å². The zero-order valence-corrected chi connectivity index (χ0v) is 7.54. The molecule has 0 radical (unpaired) electrons. The Labute approximate surface area is 68.3 Å². The van der Waals surface area contributed by atoms with Crippen LogP contribution in [0.15, 0.2) is 0 Å². The van der Waals surface area contributed by atoms with E-state index in [9.17, 15) is 0 Å². The van der Waals surface area contributed by atoms with E-state index in [1.807, 2.05) is 13.8 Å². The van der Waals surface area contributed by atoms with E-state index < -0.39 is 6.10 Å². The van der Waals surface area contributed by atoms with Crippen LogP contribution >= 0.6 is 0 Å². The quantitative estimate of drug-likeness (QED) is 0.620. The molecule has 0 aromatic heterocycles. The molecule has 2 atom stereocenters. The lowest BCUT2D eigenvalue weighted by Crippen LogP contribution is -2.37. The van der Waals surface area contributed by atoms with Crippen LogP contribution in [0.25, 0.3) is 0 Å². The van der Waals surface area contributed by atoms with Gasteiger partial charge >= 0.3 is 0 Å². The molecule has 1 fully saturated rings. The zero-order valence-electron chi connectivity index (χ0n) is 7.54. The first kappa shape index (κ1) is 10.9. The lowest BCUT2D eigenvalue weighted by Gasteiger charge is -2.25. The number of hydrogen-bond donors (Lipinski definition) is 1. The fourth-order valence-electron chi connectivity index (χ4n) is 0.978. The Hall–Kier alpha value is -0.120. The average molecular weight is 162 g/mol.